The molecule has 0 spiro atoms. The molecule has 0 unspecified atom stereocenters. The van der Waals surface area contributed by atoms with Gasteiger partial charge < -0.3 is 13.9 Å². The number of aromatic nitrogens is 1. The van der Waals surface area contributed by atoms with E-state index in [0.717, 1.165) is 55.8 Å². The first kappa shape index (κ1) is 38.8. The Kier molecular flexibility index (Phi) is 8.97. The van der Waals surface area contributed by atoms with Gasteiger partial charge in [-0.1, -0.05) is 146 Å². The third-order valence-corrected chi connectivity index (χ3v) is 13.9. The minimum atomic E-state index is 0.863. The molecule has 0 N–H and O–H groups in total. The number of aryl methyl sites for hydroxylation is 2. The summed E-state index contributed by atoms with van der Waals surface area (Å²) in [5, 5.41) is 9.68. The van der Waals surface area contributed by atoms with Crippen molar-refractivity contribution in [3.8, 4) is 39.1 Å². The van der Waals surface area contributed by atoms with Crippen LogP contribution in [0.25, 0.3) is 104 Å². The van der Waals surface area contributed by atoms with Crippen LogP contribution in [-0.4, -0.2) is 4.57 Å². The molecule has 11 aromatic carbocycles. The van der Waals surface area contributed by atoms with Crippen molar-refractivity contribution >= 4 is 82.4 Å². The van der Waals surface area contributed by atoms with E-state index in [0.29, 0.717) is 0 Å². The molecule has 0 saturated carbocycles. The Morgan fingerprint density at radius 2 is 1.01 bits per heavy atom. The van der Waals surface area contributed by atoms with Crippen molar-refractivity contribution in [3.05, 3.63) is 242 Å². The van der Waals surface area contributed by atoms with Crippen LogP contribution < -0.4 is 4.90 Å². The summed E-state index contributed by atoms with van der Waals surface area (Å²) in [7, 11) is 0. The number of fused-ring (bicyclic) bond motifs is 8. The predicted octanol–water partition coefficient (Wildman–Crippen LogP) is 18.1. The highest BCUT2D eigenvalue weighted by Gasteiger charge is 2.20. The van der Waals surface area contributed by atoms with Gasteiger partial charge in [0.25, 0.3) is 0 Å². The van der Waals surface area contributed by atoms with Crippen LogP contribution in [0, 0.1) is 13.8 Å². The quantitative estimate of drug-likeness (QED) is 0.159. The van der Waals surface area contributed by atoms with Crippen LogP contribution >= 0.6 is 0 Å². The normalized spacial score (nSPS) is 11.7. The van der Waals surface area contributed by atoms with E-state index in [9.17, 15) is 0 Å². The van der Waals surface area contributed by atoms with Gasteiger partial charge in [0.15, 0.2) is 0 Å². The topological polar surface area (TPSA) is 21.3 Å². The van der Waals surface area contributed by atoms with Crippen LogP contribution in [0.1, 0.15) is 11.1 Å². The Balaban J connectivity index is 0.963. The Morgan fingerprint density at radius 3 is 1.90 bits per heavy atom. The highest BCUT2D eigenvalue weighted by Crippen LogP contribution is 2.43. The molecule has 0 bridgehead atoms. The van der Waals surface area contributed by atoms with E-state index in [1.807, 2.05) is 12.1 Å². The first-order valence-electron chi connectivity index (χ1n) is 23.1. The van der Waals surface area contributed by atoms with Gasteiger partial charge >= 0.3 is 0 Å². The average Bonchev–Trinajstić information content (AvgIpc) is 3.91. The first-order chi connectivity index (χ1) is 33.0. The summed E-state index contributed by atoms with van der Waals surface area (Å²) in [5.41, 5.74) is 18.3. The molecule has 0 saturated heterocycles. The lowest BCUT2D eigenvalue weighted by atomic mass is 9.92. The molecule has 0 atom stereocenters. The predicted molar refractivity (Wildman–Crippen MR) is 284 cm³/mol. The molecular weight excluding hydrogens is 813 g/mol. The number of hydrogen-bond acceptors (Lipinski definition) is 2. The summed E-state index contributed by atoms with van der Waals surface area (Å²) in [4.78, 5) is 2.35. The number of nitrogens with zero attached hydrogens (tertiary/aromatic N) is 2. The molecule has 3 heteroatoms. The van der Waals surface area contributed by atoms with E-state index in [-0.39, 0.29) is 0 Å². The van der Waals surface area contributed by atoms with Crippen molar-refractivity contribution < 1.29 is 4.42 Å². The zero-order valence-corrected chi connectivity index (χ0v) is 37.2. The maximum Gasteiger partial charge on any atom is 0.137 e. The summed E-state index contributed by atoms with van der Waals surface area (Å²) in [6.07, 6.45) is 0. The molecule has 2 heterocycles. The molecule has 0 aliphatic heterocycles. The number of furan rings is 1. The van der Waals surface area contributed by atoms with Gasteiger partial charge in [0, 0.05) is 50.4 Å². The maximum absolute atomic E-state index is 6.47. The van der Waals surface area contributed by atoms with Crippen LogP contribution in [0.3, 0.4) is 0 Å². The van der Waals surface area contributed by atoms with E-state index >= 15 is 0 Å². The van der Waals surface area contributed by atoms with Gasteiger partial charge in [0.05, 0.1) is 11.0 Å². The Bertz CT molecular complexity index is 4060. The molecule has 3 nitrogen and oxygen atoms in total. The fourth-order valence-corrected chi connectivity index (χ4v) is 10.6. The third kappa shape index (κ3) is 6.42. The molecule has 0 aliphatic rings. The van der Waals surface area contributed by atoms with Crippen molar-refractivity contribution in [1.29, 1.82) is 0 Å². The van der Waals surface area contributed by atoms with Crippen LogP contribution in [0.2, 0.25) is 0 Å². The lowest BCUT2D eigenvalue weighted by Gasteiger charge is -2.26. The Hall–Kier alpha value is -8.66. The average molecular weight is 857 g/mol. The fraction of sp³-hybridized carbons (Fsp3) is 0.0312. The van der Waals surface area contributed by atoms with Crippen LogP contribution in [-0.2, 0) is 0 Å². The smallest absolute Gasteiger partial charge is 0.137 e. The van der Waals surface area contributed by atoms with Gasteiger partial charge in [0.1, 0.15) is 11.2 Å². The first-order valence-corrected chi connectivity index (χ1v) is 23.1. The molecule has 67 heavy (non-hydrogen) atoms. The van der Waals surface area contributed by atoms with Crippen molar-refractivity contribution in [2.24, 2.45) is 0 Å². The minimum Gasteiger partial charge on any atom is -0.456 e. The molecule has 0 fully saturated rings. The van der Waals surface area contributed by atoms with Crippen molar-refractivity contribution in [1.82, 2.24) is 4.57 Å². The third-order valence-electron chi connectivity index (χ3n) is 13.9. The van der Waals surface area contributed by atoms with Crippen LogP contribution in [0.5, 0.6) is 0 Å². The van der Waals surface area contributed by atoms with Gasteiger partial charge in [-0.2, -0.15) is 0 Å². The lowest BCUT2D eigenvalue weighted by molar-refractivity contribution is 0.669. The summed E-state index contributed by atoms with van der Waals surface area (Å²) in [6.45, 7) is 4.47. The minimum absolute atomic E-state index is 0.863. The van der Waals surface area contributed by atoms with E-state index in [1.165, 1.54) is 76.7 Å². The number of para-hydroxylation sites is 2. The van der Waals surface area contributed by atoms with Crippen molar-refractivity contribution in [2.75, 3.05) is 4.90 Å². The molecule has 13 aromatic rings. The summed E-state index contributed by atoms with van der Waals surface area (Å²) < 4.78 is 8.90. The van der Waals surface area contributed by atoms with E-state index in [4.69, 9.17) is 4.42 Å². The number of anilines is 3. The summed E-state index contributed by atoms with van der Waals surface area (Å²) in [5.74, 6) is 0. The van der Waals surface area contributed by atoms with Crippen molar-refractivity contribution in [2.45, 2.75) is 13.8 Å². The molecule has 0 amide bonds. The molecular formula is C64H44N2O. The van der Waals surface area contributed by atoms with Gasteiger partial charge in [-0.3, -0.25) is 0 Å². The van der Waals surface area contributed by atoms with E-state index in [2.05, 4.69) is 242 Å². The van der Waals surface area contributed by atoms with E-state index < -0.39 is 0 Å². The fourth-order valence-electron chi connectivity index (χ4n) is 10.6. The maximum atomic E-state index is 6.47. The highest BCUT2D eigenvalue weighted by atomic mass is 16.3. The zero-order chi connectivity index (χ0) is 44.6. The van der Waals surface area contributed by atoms with Gasteiger partial charge in [-0.15, -0.1) is 0 Å². The Labute approximate surface area is 389 Å². The SMILES string of the molecule is Cc1ccccc1-c1ccc2cc3c4cc(-c5cccc(N(c6ccc(-c7cccc8ccccc78)cc6)c6ccc7c(c6)oc6ccccc67)c5)ccc4n(-c4ccccc4)c3cc2c1C. The molecule has 316 valence electrons. The largest absolute Gasteiger partial charge is 0.456 e. The summed E-state index contributed by atoms with van der Waals surface area (Å²) >= 11 is 0. The van der Waals surface area contributed by atoms with Crippen LogP contribution in [0.15, 0.2) is 235 Å². The van der Waals surface area contributed by atoms with Gasteiger partial charge in [-0.25, -0.2) is 0 Å². The van der Waals surface area contributed by atoms with Crippen LogP contribution in [0.4, 0.5) is 17.1 Å². The number of rotatable bonds is 7. The number of hydrogen-bond donors (Lipinski definition) is 0. The van der Waals surface area contributed by atoms with Gasteiger partial charge in [0.2, 0.25) is 0 Å². The summed E-state index contributed by atoms with van der Waals surface area (Å²) in [6, 6.07) is 83.8. The highest BCUT2D eigenvalue weighted by molar-refractivity contribution is 6.15. The molecule has 0 radical (unpaired) electrons. The molecule has 0 aliphatic carbocycles. The second kappa shape index (κ2) is 15.5. The standard InChI is InChI=1S/C64H44N2O/c1-41-14-6-8-21-52(41)53-33-28-47-38-60-59-37-46(29-35-61(59)66(48-18-4-3-5-19-48)62(60)40-58(47)42(53)2)45-17-12-20-50(36-45)65(51-32-34-57-56-23-10-11-25-63(56)67-64(57)39-51)49-30-26-44(27-31-49)55-24-13-16-43-15-7-9-22-54(43)55/h3-40H,1-2H3. The van der Waals surface area contributed by atoms with Gasteiger partial charge in [-0.05, 0) is 159 Å². The molecule has 13 rings (SSSR count). The molecule has 2 aromatic heterocycles. The van der Waals surface area contributed by atoms with Crippen molar-refractivity contribution in [3.63, 3.8) is 0 Å². The number of benzene rings is 11. The van der Waals surface area contributed by atoms with E-state index in [1.54, 1.807) is 0 Å². The Morgan fingerprint density at radius 1 is 0.343 bits per heavy atom. The zero-order valence-electron chi connectivity index (χ0n) is 37.2. The monoisotopic (exact) mass is 856 g/mol. The lowest BCUT2D eigenvalue weighted by Crippen LogP contribution is -2.10. The second-order valence-electron chi connectivity index (χ2n) is 17.8. The second-order valence-corrected chi connectivity index (χ2v) is 17.8.